The lowest BCUT2D eigenvalue weighted by molar-refractivity contribution is 1.06. The fourth-order valence-corrected chi connectivity index (χ4v) is 7.52. The van der Waals surface area contributed by atoms with Gasteiger partial charge in [0.1, 0.15) is 5.69 Å². The van der Waals surface area contributed by atoms with Crippen LogP contribution in [-0.2, 0) is 0 Å². The summed E-state index contributed by atoms with van der Waals surface area (Å²) < 4.78 is 0. The highest BCUT2D eigenvalue weighted by molar-refractivity contribution is 5.94. The van der Waals surface area contributed by atoms with Crippen molar-refractivity contribution in [2.75, 3.05) is 0 Å². The molecule has 60 heavy (non-hydrogen) atoms. The summed E-state index contributed by atoms with van der Waals surface area (Å²) in [6, 6.07) is 72.2. The number of aromatic nitrogens is 6. The predicted octanol–water partition coefficient (Wildman–Crippen LogP) is 13.1. The third-order valence-electron chi connectivity index (χ3n) is 10.5. The van der Waals surface area contributed by atoms with E-state index in [-0.39, 0.29) is 0 Å². The van der Waals surface area contributed by atoms with E-state index in [2.05, 4.69) is 121 Å². The summed E-state index contributed by atoms with van der Waals surface area (Å²) in [4.78, 5) is 30.4. The second kappa shape index (κ2) is 16.3. The normalized spacial score (nSPS) is 11.0. The monoisotopic (exact) mass is 768 g/mol. The summed E-state index contributed by atoms with van der Waals surface area (Å²) >= 11 is 0. The van der Waals surface area contributed by atoms with Gasteiger partial charge in [0.05, 0.1) is 11.4 Å². The van der Waals surface area contributed by atoms with Gasteiger partial charge in [-0.25, -0.2) is 24.9 Å². The van der Waals surface area contributed by atoms with Crippen molar-refractivity contribution in [3.05, 3.63) is 219 Å². The van der Waals surface area contributed by atoms with E-state index < -0.39 is 0 Å². The molecule has 0 N–H and O–H groups in total. The van der Waals surface area contributed by atoms with Crippen LogP contribution in [0.25, 0.3) is 102 Å². The second-order valence-electron chi connectivity index (χ2n) is 14.3. The van der Waals surface area contributed by atoms with E-state index in [1.165, 1.54) is 5.56 Å². The van der Waals surface area contributed by atoms with Gasteiger partial charge in [-0.2, -0.15) is 0 Å². The van der Waals surface area contributed by atoms with Crippen molar-refractivity contribution in [2.45, 2.75) is 0 Å². The van der Waals surface area contributed by atoms with Gasteiger partial charge in [0.15, 0.2) is 23.3 Å². The Balaban J connectivity index is 1.11. The minimum absolute atomic E-state index is 0.493. The minimum atomic E-state index is 0.493. The molecule has 0 aliphatic rings. The van der Waals surface area contributed by atoms with Crippen LogP contribution in [0.3, 0.4) is 0 Å². The highest BCUT2D eigenvalue weighted by Gasteiger charge is 2.21. The summed E-state index contributed by atoms with van der Waals surface area (Å²) in [5, 5.41) is 0. The number of hydrogen-bond donors (Lipinski definition) is 0. The molecule has 0 atom stereocenters. The molecule has 0 spiro atoms. The molecule has 6 heteroatoms. The fourth-order valence-electron chi connectivity index (χ4n) is 7.52. The van der Waals surface area contributed by atoms with Crippen LogP contribution in [0.4, 0.5) is 0 Å². The molecular weight excluding hydrogens is 733 g/mol. The van der Waals surface area contributed by atoms with Gasteiger partial charge < -0.3 is 0 Å². The maximum Gasteiger partial charge on any atom is 0.183 e. The molecule has 7 aromatic carbocycles. The van der Waals surface area contributed by atoms with Gasteiger partial charge in [0, 0.05) is 39.6 Å². The first-order valence-electron chi connectivity index (χ1n) is 19.9. The van der Waals surface area contributed by atoms with Crippen molar-refractivity contribution in [3.8, 4) is 102 Å². The van der Waals surface area contributed by atoms with Gasteiger partial charge in [-0.15, -0.1) is 0 Å². The molecule has 6 nitrogen and oxygen atoms in total. The lowest BCUT2D eigenvalue weighted by Gasteiger charge is -2.17. The van der Waals surface area contributed by atoms with Crippen molar-refractivity contribution < 1.29 is 0 Å². The molecule has 0 unspecified atom stereocenters. The third kappa shape index (κ3) is 7.37. The van der Waals surface area contributed by atoms with Crippen LogP contribution in [0.5, 0.6) is 0 Å². The molecule has 10 aromatic rings. The van der Waals surface area contributed by atoms with Gasteiger partial charge in [0.2, 0.25) is 0 Å². The average molecular weight is 769 g/mol. The summed E-state index contributed by atoms with van der Waals surface area (Å²) in [6.07, 6.45) is 1.80. The Morgan fingerprint density at radius 1 is 0.233 bits per heavy atom. The zero-order chi connectivity index (χ0) is 40.1. The predicted molar refractivity (Wildman–Crippen MR) is 242 cm³/mol. The van der Waals surface area contributed by atoms with Gasteiger partial charge >= 0.3 is 0 Å². The zero-order valence-corrected chi connectivity index (χ0v) is 32.5. The minimum Gasteiger partial charge on any atom is -0.252 e. The molecule has 282 valence electrons. The maximum atomic E-state index is 5.24. The van der Waals surface area contributed by atoms with Crippen LogP contribution >= 0.6 is 0 Å². The van der Waals surface area contributed by atoms with Crippen molar-refractivity contribution >= 4 is 0 Å². The Labute approximate surface area is 348 Å². The molecule has 3 aromatic heterocycles. The van der Waals surface area contributed by atoms with Crippen LogP contribution < -0.4 is 0 Å². The lowest BCUT2D eigenvalue weighted by Crippen LogP contribution is -2.02. The standard InChI is InChI=1S/C54H36N6/c1-5-18-37(19-6-1)38-31-33-39(34-32-38)48-36-49(57-51(56-48)40-20-7-2-8-21-40)46-29-16-15-27-44(46)43-26-13-14-28-45(43)47-30-17-35-55-50(47)54-59-52(41-22-9-3-10-23-41)58-53(60-54)42-24-11-4-12-25-42/h1-36H. The molecule has 3 heterocycles. The summed E-state index contributed by atoms with van der Waals surface area (Å²) in [6.45, 7) is 0. The first kappa shape index (κ1) is 36.1. The smallest absolute Gasteiger partial charge is 0.183 e. The van der Waals surface area contributed by atoms with Crippen LogP contribution in [0.15, 0.2) is 219 Å². The molecule has 0 saturated carbocycles. The van der Waals surface area contributed by atoms with Crippen molar-refractivity contribution in [3.63, 3.8) is 0 Å². The first-order chi connectivity index (χ1) is 29.7. The van der Waals surface area contributed by atoms with E-state index in [1.54, 1.807) is 6.20 Å². The van der Waals surface area contributed by atoms with E-state index in [1.807, 2.05) is 91.0 Å². The first-order valence-corrected chi connectivity index (χ1v) is 19.9. The van der Waals surface area contributed by atoms with Crippen molar-refractivity contribution in [1.82, 2.24) is 29.9 Å². The largest absolute Gasteiger partial charge is 0.252 e. The van der Waals surface area contributed by atoms with Crippen molar-refractivity contribution in [2.24, 2.45) is 0 Å². The van der Waals surface area contributed by atoms with Crippen LogP contribution in [0, 0.1) is 0 Å². The Bertz CT molecular complexity index is 3010. The summed E-state index contributed by atoms with van der Waals surface area (Å²) in [5.74, 6) is 2.31. The van der Waals surface area contributed by atoms with Gasteiger partial charge in [-0.3, -0.25) is 4.98 Å². The summed E-state index contributed by atoms with van der Waals surface area (Å²) in [7, 11) is 0. The highest BCUT2D eigenvalue weighted by atomic mass is 15.0. The average Bonchev–Trinajstić information content (AvgIpc) is 3.35. The van der Waals surface area contributed by atoms with Gasteiger partial charge in [-0.1, -0.05) is 200 Å². The number of benzene rings is 7. The van der Waals surface area contributed by atoms with Gasteiger partial charge in [0.25, 0.3) is 0 Å². The molecular formula is C54H36N6. The van der Waals surface area contributed by atoms with E-state index in [4.69, 9.17) is 29.9 Å². The zero-order valence-electron chi connectivity index (χ0n) is 32.5. The summed E-state index contributed by atoms with van der Waals surface area (Å²) in [5.41, 5.74) is 13.3. The number of pyridine rings is 1. The van der Waals surface area contributed by atoms with Gasteiger partial charge in [-0.05, 0) is 39.9 Å². The Morgan fingerprint density at radius 2 is 0.600 bits per heavy atom. The number of nitrogens with zero attached hydrogens (tertiary/aromatic N) is 6. The molecule has 0 radical (unpaired) electrons. The molecule has 0 amide bonds. The molecule has 0 fully saturated rings. The van der Waals surface area contributed by atoms with E-state index in [0.717, 1.165) is 67.0 Å². The quantitative estimate of drug-likeness (QED) is 0.145. The van der Waals surface area contributed by atoms with E-state index >= 15 is 0 Å². The van der Waals surface area contributed by atoms with Crippen molar-refractivity contribution in [1.29, 1.82) is 0 Å². The molecule has 0 aliphatic carbocycles. The van der Waals surface area contributed by atoms with E-state index in [0.29, 0.717) is 29.0 Å². The van der Waals surface area contributed by atoms with Crippen LogP contribution in [0.2, 0.25) is 0 Å². The number of rotatable bonds is 9. The fraction of sp³-hybridized carbons (Fsp3) is 0. The molecule has 0 saturated heterocycles. The topological polar surface area (TPSA) is 77.3 Å². The molecule has 0 bridgehead atoms. The maximum absolute atomic E-state index is 5.24. The highest BCUT2D eigenvalue weighted by Crippen LogP contribution is 2.41. The van der Waals surface area contributed by atoms with Crippen LogP contribution in [0.1, 0.15) is 0 Å². The third-order valence-corrected chi connectivity index (χ3v) is 10.5. The lowest BCUT2D eigenvalue weighted by atomic mass is 9.90. The Hall–Kier alpha value is -8.22. The van der Waals surface area contributed by atoms with Crippen LogP contribution in [-0.4, -0.2) is 29.9 Å². The Kier molecular flexibility index (Phi) is 9.84. The second-order valence-corrected chi connectivity index (χ2v) is 14.3. The Morgan fingerprint density at radius 3 is 1.15 bits per heavy atom. The number of hydrogen-bond acceptors (Lipinski definition) is 6. The SMILES string of the molecule is c1ccc(-c2ccc(-c3cc(-c4ccccc4-c4ccccc4-c4cccnc4-c4nc(-c5ccccc5)nc(-c5ccccc5)n4)nc(-c4ccccc4)n3)cc2)cc1. The molecule has 0 aliphatic heterocycles. The van der Waals surface area contributed by atoms with E-state index in [9.17, 15) is 0 Å². The molecule has 10 rings (SSSR count).